The van der Waals surface area contributed by atoms with Crippen LogP contribution in [0, 0.1) is 0 Å². The minimum atomic E-state index is -0.879. The van der Waals surface area contributed by atoms with Gasteiger partial charge >= 0.3 is 5.97 Å². The molecule has 0 radical (unpaired) electrons. The van der Waals surface area contributed by atoms with E-state index in [1.165, 1.54) is 11.3 Å². The van der Waals surface area contributed by atoms with Crippen LogP contribution in [-0.2, 0) is 11.3 Å². The van der Waals surface area contributed by atoms with E-state index in [0.29, 0.717) is 18.7 Å². The Morgan fingerprint density at radius 3 is 2.93 bits per heavy atom. The van der Waals surface area contributed by atoms with Gasteiger partial charge in [0.15, 0.2) is 0 Å². The molecule has 0 fully saturated rings. The summed E-state index contributed by atoms with van der Waals surface area (Å²) in [4.78, 5) is 11.6. The third-order valence-corrected chi connectivity index (χ3v) is 3.05. The molecule has 0 bridgehead atoms. The SMILES string of the molecule is C/C(=C/CNCc1ccc(Cl)s1)C(=O)O. The van der Waals surface area contributed by atoms with E-state index in [9.17, 15) is 4.79 Å². The average molecular weight is 246 g/mol. The molecule has 0 unspecified atom stereocenters. The molecule has 0 aliphatic carbocycles. The Morgan fingerprint density at radius 2 is 2.40 bits per heavy atom. The zero-order valence-electron chi connectivity index (χ0n) is 8.29. The van der Waals surface area contributed by atoms with Crippen molar-refractivity contribution in [2.24, 2.45) is 0 Å². The van der Waals surface area contributed by atoms with Crippen LogP contribution >= 0.6 is 22.9 Å². The van der Waals surface area contributed by atoms with Gasteiger partial charge in [-0.05, 0) is 19.1 Å². The Labute approximate surface area is 97.4 Å². The zero-order valence-corrected chi connectivity index (χ0v) is 9.86. The van der Waals surface area contributed by atoms with Gasteiger partial charge in [0.05, 0.1) is 4.34 Å². The van der Waals surface area contributed by atoms with E-state index < -0.39 is 5.97 Å². The van der Waals surface area contributed by atoms with Crippen LogP contribution in [0.3, 0.4) is 0 Å². The van der Waals surface area contributed by atoms with Crippen LogP contribution in [0.4, 0.5) is 0 Å². The number of rotatable bonds is 5. The van der Waals surface area contributed by atoms with Crippen LogP contribution in [-0.4, -0.2) is 17.6 Å². The average Bonchev–Trinajstić information content (AvgIpc) is 2.58. The number of thiophene rings is 1. The standard InChI is InChI=1S/C10H12ClNO2S/c1-7(10(13)14)4-5-12-6-8-2-3-9(11)15-8/h2-4,12H,5-6H2,1H3,(H,13,14)/b7-4-. The van der Waals surface area contributed by atoms with E-state index in [1.54, 1.807) is 13.0 Å². The van der Waals surface area contributed by atoms with E-state index in [-0.39, 0.29) is 0 Å². The molecular weight excluding hydrogens is 234 g/mol. The van der Waals surface area contributed by atoms with Gasteiger partial charge in [-0.1, -0.05) is 17.7 Å². The summed E-state index contributed by atoms with van der Waals surface area (Å²) in [6.07, 6.45) is 1.65. The first-order valence-corrected chi connectivity index (χ1v) is 5.64. The van der Waals surface area contributed by atoms with Gasteiger partial charge in [-0.3, -0.25) is 0 Å². The highest BCUT2D eigenvalue weighted by atomic mass is 35.5. The molecule has 0 aliphatic rings. The number of halogens is 1. The number of carboxylic acids is 1. The quantitative estimate of drug-likeness (QED) is 0.619. The third-order valence-electron chi connectivity index (χ3n) is 1.82. The number of carboxylic acid groups (broad SMARTS) is 1. The van der Waals surface area contributed by atoms with E-state index in [4.69, 9.17) is 16.7 Å². The van der Waals surface area contributed by atoms with Gasteiger partial charge in [0.25, 0.3) is 0 Å². The Bertz CT molecular complexity index is 373. The molecule has 1 aromatic rings. The molecule has 0 atom stereocenters. The monoisotopic (exact) mass is 245 g/mol. The number of aliphatic carboxylic acids is 1. The Morgan fingerprint density at radius 1 is 1.67 bits per heavy atom. The summed E-state index contributed by atoms with van der Waals surface area (Å²) in [7, 11) is 0. The van der Waals surface area contributed by atoms with Gasteiger partial charge in [-0.15, -0.1) is 11.3 Å². The lowest BCUT2D eigenvalue weighted by atomic mass is 10.3. The van der Waals surface area contributed by atoms with Crippen LogP contribution in [0.2, 0.25) is 4.34 Å². The topological polar surface area (TPSA) is 49.3 Å². The first kappa shape index (κ1) is 12.2. The number of hydrogen-bond acceptors (Lipinski definition) is 3. The fraction of sp³-hybridized carbons (Fsp3) is 0.300. The second-order valence-corrected chi connectivity index (χ2v) is 4.83. The molecule has 0 saturated heterocycles. The van der Waals surface area contributed by atoms with E-state index in [1.807, 2.05) is 12.1 Å². The molecule has 5 heteroatoms. The fourth-order valence-corrected chi connectivity index (χ4v) is 2.01. The molecule has 15 heavy (non-hydrogen) atoms. The Balaban J connectivity index is 2.28. The van der Waals surface area contributed by atoms with Crippen LogP contribution in [0.1, 0.15) is 11.8 Å². The Hall–Kier alpha value is -0.840. The number of carbonyl (C=O) groups is 1. The largest absolute Gasteiger partial charge is 0.478 e. The first-order valence-electron chi connectivity index (χ1n) is 4.44. The van der Waals surface area contributed by atoms with Crippen LogP contribution in [0.15, 0.2) is 23.8 Å². The predicted molar refractivity (Wildman–Crippen MR) is 62.4 cm³/mol. The van der Waals surface area contributed by atoms with Crippen LogP contribution in [0.25, 0.3) is 0 Å². The maximum atomic E-state index is 10.5. The van der Waals surface area contributed by atoms with Crippen molar-refractivity contribution in [1.29, 1.82) is 0 Å². The van der Waals surface area contributed by atoms with Crippen LogP contribution in [0.5, 0.6) is 0 Å². The maximum Gasteiger partial charge on any atom is 0.330 e. The van der Waals surface area contributed by atoms with Gasteiger partial charge in [-0.2, -0.15) is 0 Å². The van der Waals surface area contributed by atoms with Gasteiger partial charge in [0.2, 0.25) is 0 Å². The number of nitrogens with one attached hydrogen (secondary N) is 1. The molecule has 1 heterocycles. The molecule has 0 amide bonds. The summed E-state index contributed by atoms with van der Waals surface area (Å²) in [5.41, 5.74) is 0.353. The molecule has 2 N–H and O–H groups in total. The molecule has 0 saturated carbocycles. The predicted octanol–water partition coefficient (Wildman–Crippen LogP) is 2.52. The molecule has 0 aliphatic heterocycles. The third kappa shape index (κ3) is 4.46. The minimum absolute atomic E-state index is 0.353. The summed E-state index contributed by atoms with van der Waals surface area (Å²) in [6, 6.07) is 3.80. The molecule has 1 rings (SSSR count). The summed E-state index contributed by atoms with van der Waals surface area (Å²) in [5.74, 6) is -0.879. The molecule has 1 aromatic heterocycles. The fourth-order valence-electron chi connectivity index (χ4n) is 0.955. The maximum absolute atomic E-state index is 10.5. The van der Waals surface area contributed by atoms with Crippen molar-refractivity contribution in [3.05, 3.63) is 33.0 Å². The summed E-state index contributed by atoms with van der Waals surface area (Å²) in [5, 5.41) is 11.7. The minimum Gasteiger partial charge on any atom is -0.478 e. The van der Waals surface area contributed by atoms with E-state index in [2.05, 4.69) is 5.32 Å². The van der Waals surface area contributed by atoms with Crippen molar-refractivity contribution in [3.63, 3.8) is 0 Å². The molecule has 0 aromatic carbocycles. The Kier molecular flexibility index (Phi) is 4.81. The highest BCUT2D eigenvalue weighted by Crippen LogP contribution is 2.20. The molecule has 82 valence electrons. The van der Waals surface area contributed by atoms with Crippen molar-refractivity contribution in [3.8, 4) is 0 Å². The van der Waals surface area contributed by atoms with Crippen molar-refractivity contribution in [2.45, 2.75) is 13.5 Å². The number of hydrogen-bond donors (Lipinski definition) is 2. The van der Waals surface area contributed by atoms with Gasteiger partial charge in [0, 0.05) is 23.5 Å². The lowest BCUT2D eigenvalue weighted by Gasteiger charge is -1.98. The molecular formula is C10H12ClNO2S. The lowest BCUT2D eigenvalue weighted by Crippen LogP contribution is -2.13. The van der Waals surface area contributed by atoms with E-state index >= 15 is 0 Å². The van der Waals surface area contributed by atoms with Crippen LogP contribution < -0.4 is 5.32 Å². The van der Waals surface area contributed by atoms with Gasteiger partial charge in [-0.25, -0.2) is 4.79 Å². The second-order valence-electron chi connectivity index (χ2n) is 3.03. The van der Waals surface area contributed by atoms with Gasteiger partial charge < -0.3 is 10.4 Å². The van der Waals surface area contributed by atoms with Crippen molar-refractivity contribution < 1.29 is 9.90 Å². The van der Waals surface area contributed by atoms with E-state index in [0.717, 1.165) is 9.21 Å². The van der Waals surface area contributed by atoms with Crippen molar-refractivity contribution >= 4 is 28.9 Å². The summed E-state index contributed by atoms with van der Waals surface area (Å²) in [6.45, 7) is 2.83. The molecule has 0 spiro atoms. The lowest BCUT2D eigenvalue weighted by molar-refractivity contribution is -0.132. The normalized spacial score (nSPS) is 11.7. The van der Waals surface area contributed by atoms with Gasteiger partial charge in [0.1, 0.15) is 0 Å². The highest BCUT2D eigenvalue weighted by molar-refractivity contribution is 7.16. The first-order chi connectivity index (χ1) is 7.09. The molecule has 3 nitrogen and oxygen atoms in total. The highest BCUT2D eigenvalue weighted by Gasteiger charge is 1.99. The second kappa shape index (κ2) is 5.90. The summed E-state index contributed by atoms with van der Waals surface area (Å²) < 4.78 is 0.768. The summed E-state index contributed by atoms with van der Waals surface area (Å²) >= 11 is 7.29. The van der Waals surface area contributed by atoms with Crippen molar-refractivity contribution in [1.82, 2.24) is 5.32 Å². The zero-order chi connectivity index (χ0) is 11.3. The van der Waals surface area contributed by atoms with Crippen molar-refractivity contribution in [2.75, 3.05) is 6.54 Å². The smallest absolute Gasteiger partial charge is 0.330 e.